The lowest BCUT2D eigenvalue weighted by Gasteiger charge is -2.48. The summed E-state index contributed by atoms with van der Waals surface area (Å²) < 4.78 is 119. The average Bonchev–Trinajstić information content (AvgIpc) is 1.73. The molecule has 12 atom stereocenters. The summed E-state index contributed by atoms with van der Waals surface area (Å²) in [6.45, 7) is 3.07. The predicted molar refractivity (Wildman–Crippen MR) is 348 cm³/mol. The number of carbonyl (C=O) groups excluding carboxylic acids is 2. The SMILES string of the molecule is Cc1nc(C2OC3COC(c4ccccc4)OC3C(n3cc(-c4cc(F)c(Cl)c(F)c4)nn3)C2OC(=O)CCCCNC(=O)OC2C(c3nc(C)nn3-c3cc(Cl)ccc3Cl)OC3COC(c4ccccc4)OC3C2n2cc(-c3cc(F)c(Cl)c(F)c3)nn2)n(-c2cc(Cl)ccc2Cl)n1. The van der Waals surface area contributed by atoms with Gasteiger partial charge in [0.25, 0.3) is 0 Å². The summed E-state index contributed by atoms with van der Waals surface area (Å²) in [7, 11) is 0. The number of ether oxygens (including phenoxy) is 8. The van der Waals surface area contributed by atoms with E-state index in [1.807, 2.05) is 60.7 Å². The third-order valence-electron chi connectivity index (χ3n) is 16.9. The molecule has 0 bridgehead atoms. The molecular weight excluding hydrogens is 1420 g/mol. The number of alkyl carbamates (subject to hydrolysis) is 1. The molecular formula is C66H53Cl6F4N13O10. The highest BCUT2D eigenvalue weighted by Gasteiger charge is 2.57. The van der Waals surface area contributed by atoms with Gasteiger partial charge in [0.2, 0.25) is 0 Å². The standard InChI is InChI=1S/C66H53Cl6F4N13O10/c1-31-78-62(88(82-31)47-25-37(67)16-18-39(47)69)60-58(54(56-49(94-60)29-92-64(97-56)33-11-5-3-6-12-33)86-27-45(80-84-86)35-21-41(73)52(71)42(74)22-35)96-51(90)15-9-10-20-77-66(91)99-59-55(87-28-46(81-85-87)36-23-43(75)53(72)44(76)24-36)57-50(30-93-65(98-57)34-13-7-4-8-14-34)95-61(59)63-79-32(2)83-89(63)48-26-38(68)17-19-40(48)70/h3-8,11-14,16-19,21-28,49-50,54-61,64-65H,9-10,15,20,29-30H2,1-2H3,(H,77,91). The number of rotatable bonds is 17. The molecule has 1 amide bonds. The van der Waals surface area contributed by atoms with Crippen LogP contribution in [0.2, 0.25) is 30.1 Å². The first-order chi connectivity index (χ1) is 47.8. The topological polar surface area (TPSA) is 243 Å². The molecule has 8 heterocycles. The largest absolute Gasteiger partial charge is 0.457 e. The highest BCUT2D eigenvalue weighted by atomic mass is 35.5. The third-order valence-corrected chi connectivity index (χ3v) is 18.7. The molecule has 99 heavy (non-hydrogen) atoms. The summed E-state index contributed by atoms with van der Waals surface area (Å²) in [6.07, 6.45) is -9.50. The van der Waals surface area contributed by atoms with E-state index in [9.17, 15) is 9.59 Å². The van der Waals surface area contributed by atoms with Crippen LogP contribution in [0.3, 0.4) is 0 Å². The number of aromatic nitrogens is 12. The second-order valence-corrected chi connectivity index (χ2v) is 25.9. The van der Waals surface area contributed by atoms with Gasteiger partial charge in [0, 0.05) is 45.3 Å². The molecule has 0 spiro atoms. The van der Waals surface area contributed by atoms with E-state index in [0.717, 1.165) is 24.3 Å². The number of hydrogen-bond acceptors (Lipinski definition) is 18. The van der Waals surface area contributed by atoms with Gasteiger partial charge >= 0.3 is 12.1 Å². The monoisotopic (exact) mass is 1470 g/mol. The summed E-state index contributed by atoms with van der Waals surface area (Å²) in [4.78, 5) is 39.0. The van der Waals surface area contributed by atoms with Crippen LogP contribution in [0.15, 0.2) is 134 Å². The van der Waals surface area contributed by atoms with Crippen molar-refractivity contribution >= 4 is 81.7 Å². The lowest BCUT2D eigenvalue weighted by Crippen LogP contribution is -2.58. The predicted octanol–water partition coefficient (Wildman–Crippen LogP) is 13.9. The maximum absolute atomic E-state index is 15.0. The molecule has 6 aromatic carbocycles. The molecule has 0 saturated carbocycles. The van der Waals surface area contributed by atoms with Gasteiger partial charge in [0.15, 0.2) is 48.6 Å². The van der Waals surface area contributed by atoms with Crippen LogP contribution in [-0.2, 0) is 42.7 Å². The number of fused-ring (bicyclic) bond motifs is 2. The smallest absolute Gasteiger partial charge is 0.407 e. The number of esters is 1. The number of nitrogens with one attached hydrogen (secondary N) is 1. The Morgan fingerprint density at radius 1 is 0.556 bits per heavy atom. The van der Waals surface area contributed by atoms with Gasteiger partial charge in [-0.1, -0.05) is 141 Å². The van der Waals surface area contributed by atoms with E-state index >= 15 is 17.6 Å². The quantitative estimate of drug-likeness (QED) is 0.0385. The average molecular weight is 1480 g/mol. The Morgan fingerprint density at radius 2 is 0.990 bits per heavy atom. The Hall–Kier alpha value is -8.16. The number of hydrogen-bond donors (Lipinski definition) is 1. The van der Waals surface area contributed by atoms with Crippen molar-refractivity contribution in [3.05, 3.63) is 222 Å². The molecule has 4 aliphatic rings. The van der Waals surface area contributed by atoms with E-state index in [1.54, 1.807) is 50.2 Å². The summed E-state index contributed by atoms with van der Waals surface area (Å²) in [5, 5.41) is 29.4. The fourth-order valence-electron chi connectivity index (χ4n) is 12.4. The Balaban J connectivity index is 0.761. The van der Waals surface area contributed by atoms with Crippen molar-refractivity contribution in [3.8, 4) is 33.9 Å². The van der Waals surface area contributed by atoms with Crippen LogP contribution in [-0.4, -0.2) is 128 Å². The fraction of sp³-hybridized carbons (Fsp3) is 0.303. The van der Waals surface area contributed by atoms with Gasteiger partial charge < -0.3 is 43.2 Å². The maximum atomic E-state index is 15.0. The summed E-state index contributed by atoms with van der Waals surface area (Å²) in [5.74, 6) is -4.16. The maximum Gasteiger partial charge on any atom is 0.407 e. The molecule has 10 aromatic rings. The molecule has 23 nitrogen and oxygen atoms in total. The summed E-state index contributed by atoms with van der Waals surface area (Å²) in [5.41, 5.74) is 1.93. The third kappa shape index (κ3) is 14.1. The van der Waals surface area contributed by atoms with Crippen LogP contribution in [0.25, 0.3) is 33.9 Å². The van der Waals surface area contributed by atoms with E-state index in [-0.39, 0.29) is 94.9 Å². The lowest BCUT2D eigenvalue weighted by atomic mass is 9.90. The Bertz CT molecular complexity index is 4330. The first-order valence-electron chi connectivity index (χ1n) is 30.8. The Labute approximate surface area is 589 Å². The minimum Gasteiger partial charge on any atom is -0.457 e. The highest BCUT2D eigenvalue weighted by Crippen LogP contribution is 2.49. The van der Waals surface area contributed by atoms with Crippen LogP contribution in [0.4, 0.5) is 22.4 Å². The van der Waals surface area contributed by atoms with Crippen molar-refractivity contribution in [2.45, 2.75) is 107 Å². The number of benzene rings is 6. The van der Waals surface area contributed by atoms with Crippen LogP contribution in [0.1, 0.15) is 90.6 Å². The number of carbonyl (C=O) groups is 2. The molecule has 12 unspecified atom stereocenters. The highest BCUT2D eigenvalue weighted by molar-refractivity contribution is 6.35. The molecule has 512 valence electrons. The fourth-order valence-corrected chi connectivity index (χ4v) is 13.3. The van der Waals surface area contributed by atoms with Crippen molar-refractivity contribution in [1.29, 1.82) is 0 Å². The number of unbranched alkanes of at least 4 members (excludes halogenated alkanes) is 1. The van der Waals surface area contributed by atoms with Gasteiger partial charge in [-0.25, -0.2) is 51.1 Å². The molecule has 14 rings (SSSR count). The van der Waals surface area contributed by atoms with E-state index in [2.05, 4.69) is 36.1 Å². The first-order valence-corrected chi connectivity index (χ1v) is 33.1. The van der Waals surface area contributed by atoms with Gasteiger partial charge in [-0.15, -0.1) is 10.2 Å². The van der Waals surface area contributed by atoms with Crippen molar-refractivity contribution in [2.75, 3.05) is 19.8 Å². The van der Waals surface area contributed by atoms with Gasteiger partial charge in [-0.05, 0) is 87.4 Å². The minimum atomic E-state index is -1.45. The van der Waals surface area contributed by atoms with Gasteiger partial charge in [-0.2, -0.15) is 10.2 Å². The molecule has 0 radical (unpaired) electrons. The molecule has 4 saturated heterocycles. The molecule has 4 fully saturated rings. The zero-order valence-electron chi connectivity index (χ0n) is 51.6. The Morgan fingerprint density at radius 3 is 1.43 bits per heavy atom. The van der Waals surface area contributed by atoms with Crippen molar-refractivity contribution in [1.82, 2.24) is 64.8 Å². The zero-order chi connectivity index (χ0) is 68.9. The zero-order valence-corrected chi connectivity index (χ0v) is 56.1. The number of halogens is 10. The van der Waals surface area contributed by atoms with E-state index in [1.165, 1.54) is 31.1 Å². The first kappa shape index (κ1) is 68.0. The molecule has 4 aromatic heterocycles. The van der Waals surface area contributed by atoms with Gasteiger partial charge in [-0.3, -0.25) is 4.79 Å². The van der Waals surface area contributed by atoms with E-state index in [0.29, 0.717) is 32.5 Å². The Kier molecular flexibility index (Phi) is 19.8. The van der Waals surface area contributed by atoms with Gasteiger partial charge in [0.05, 0.1) is 47.0 Å². The second kappa shape index (κ2) is 28.8. The summed E-state index contributed by atoms with van der Waals surface area (Å²) in [6, 6.07) is 29.3. The molecule has 0 aliphatic carbocycles. The molecule has 33 heteroatoms. The van der Waals surface area contributed by atoms with Crippen molar-refractivity contribution in [3.63, 3.8) is 0 Å². The van der Waals surface area contributed by atoms with Crippen molar-refractivity contribution < 1.29 is 65.0 Å². The molecule has 1 N–H and O–H groups in total. The van der Waals surface area contributed by atoms with E-state index < -0.39 is 119 Å². The van der Waals surface area contributed by atoms with Crippen molar-refractivity contribution in [2.24, 2.45) is 0 Å². The number of aryl methyl sites for hydroxylation is 2. The normalized spacial score (nSPS) is 23.7. The summed E-state index contributed by atoms with van der Waals surface area (Å²) >= 11 is 38.5. The van der Waals surface area contributed by atoms with Crippen LogP contribution in [0, 0.1) is 37.1 Å². The van der Waals surface area contributed by atoms with Crippen LogP contribution < -0.4 is 5.32 Å². The van der Waals surface area contributed by atoms with Gasteiger partial charge in [0.1, 0.15) is 92.9 Å². The van der Waals surface area contributed by atoms with Crippen LogP contribution >= 0.6 is 69.6 Å². The second-order valence-electron chi connectivity index (χ2n) is 23.5. The van der Waals surface area contributed by atoms with Crippen LogP contribution in [0.5, 0.6) is 0 Å². The number of amides is 1. The number of nitrogens with zero attached hydrogens (tertiary/aromatic N) is 12. The lowest BCUT2D eigenvalue weighted by molar-refractivity contribution is -0.320. The van der Waals surface area contributed by atoms with E-state index in [4.69, 9.17) is 117 Å². The minimum absolute atomic E-state index is 0.00565. The molecule has 4 aliphatic heterocycles.